The van der Waals surface area contributed by atoms with Crippen molar-refractivity contribution in [1.82, 2.24) is 5.32 Å². The molecular weight excluding hydrogens is 502 g/mol. The Hall–Kier alpha value is -3.22. The lowest BCUT2D eigenvalue weighted by molar-refractivity contribution is -0.123. The monoisotopic (exact) mass is 535 g/mol. The van der Waals surface area contributed by atoms with Gasteiger partial charge in [0.15, 0.2) is 18.1 Å². The fourth-order valence-corrected chi connectivity index (χ4v) is 5.39. The number of para-hydroxylation sites is 2. The van der Waals surface area contributed by atoms with E-state index in [0.29, 0.717) is 49.0 Å². The van der Waals surface area contributed by atoms with Gasteiger partial charge in [0.25, 0.3) is 5.91 Å². The number of halogens is 1. The molecule has 5 rings (SSSR count). The van der Waals surface area contributed by atoms with E-state index in [1.807, 2.05) is 60.7 Å². The van der Waals surface area contributed by atoms with E-state index in [1.165, 1.54) is 5.56 Å². The van der Waals surface area contributed by atoms with E-state index >= 15 is 0 Å². The molecule has 6 nitrogen and oxygen atoms in total. The molecule has 2 aliphatic heterocycles. The van der Waals surface area contributed by atoms with Gasteiger partial charge in [-0.25, -0.2) is 0 Å². The molecule has 4 atom stereocenters. The van der Waals surface area contributed by atoms with Crippen molar-refractivity contribution in [3.05, 3.63) is 88.9 Å². The maximum absolute atomic E-state index is 12.5. The molecule has 1 saturated heterocycles. The molecule has 0 radical (unpaired) electrons. The molecule has 38 heavy (non-hydrogen) atoms. The summed E-state index contributed by atoms with van der Waals surface area (Å²) in [7, 11) is 0. The molecule has 3 aromatic rings. The zero-order chi connectivity index (χ0) is 26.5. The molecule has 0 aromatic heterocycles. The number of hydrogen-bond acceptors (Lipinski definition) is 5. The topological polar surface area (TPSA) is 66.0 Å². The summed E-state index contributed by atoms with van der Waals surface area (Å²) in [5.41, 5.74) is 2.29. The molecule has 1 fully saturated rings. The number of hydrogen-bond donors (Lipinski definition) is 1. The van der Waals surface area contributed by atoms with Crippen molar-refractivity contribution in [3.63, 3.8) is 0 Å². The molecule has 0 saturated carbocycles. The summed E-state index contributed by atoms with van der Waals surface area (Å²) in [4.78, 5) is 12.5. The summed E-state index contributed by atoms with van der Waals surface area (Å²) in [5.74, 6) is 2.94. The first-order valence-corrected chi connectivity index (χ1v) is 13.6. The maximum Gasteiger partial charge on any atom is 0.258 e. The SMILES string of the molecule is CC(C)[C@@H]1C[C@H](c2cccc(Cl)c2)CO[C@H]1c1cccc(OCC(=O)NCC2COc3ccccc3O2)c1. The Balaban J connectivity index is 1.15. The van der Waals surface area contributed by atoms with Crippen molar-refractivity contribution in [3.8, 4) is 17.2 Å². The van der Waals surface area contributed by atoms with Gasteiger partial charge in [-0.05, 0) is 65.8 Å². The first kappa shape index (κ1) is 26.4. The average molecular weight is 536 g/mol. The molecule has 0 spiro atoms. The standard InChI is InChI=1S/C31H34ClNO5/c1-20(2)27-15-23(21-7-5-9-24(32)13-21)17-37-31(27)22-8-6-10-25(14-22)35-19-30(34)33-16-26-18-36-28-11-3-4-12-29(28)38-26/h3-14,20,23,26-27,31H,15-19H2,1-2H3,(H,33,34)/t23-,26?,27-,31-/m0/s1. The number of amides is 1. The Morgan fingerprint density at radius 1 is 1.00 bits per heavy atom. The zero-order valence-electron chi connectivity index (χ0n) is 21.8. The van der Waals surface area contributed by atoms with Gasteiger partial charge >= 0.3 is 0 Å². The number of carbonyl (C=O) groups is 1. The van der Waals surface area contributed by atoms with Crippen LogP contribution in [-0.2, 0) is 9.53 Å². The molecule has 1 unspecified atom stereocenters. The highest BCUT2D eigenvalue weighted by Gasteiger charge is 2.35. The van der Waals surface area contributed by atoms with Crippen LogP contribution in [0.2, 0.25) is 5.02 Å². The predicted octanol–water partition coefficient (Wildman–Crippen LogP) is 6.19. The van der Waals surface area contributed by atoms with E-state index < -0.39 is 0 Å². The second-order valence-corrected chi connectivity index (χ2v) is 10.7. The van der Waals surface area contributed by atoms with Crippen molar-refractivity contribution in [2.75, 3.05) is 26.4 Å². The van der Waals surface area contributed by atoms with Crippen LogP contribution in [0.5, 0.6) is 17.2 Å². The third kappa shape index (κ3) is 6.43. The third-order valence-corrected chi connectivity index (χ3v) is 7.48. The smallest absolute Gasteiger partial charge is 0.258 e. The lowest BCUT2D eigenvalue weighted by atomic mass is 9.76. The van der Waals surface area contributed by atoms with Crippen LogP contribution in [0.15, 0.2) is 72.8 Å². The third-order valence-electron chi connectivity index (χ3n) is 7.25. The second-order valence-electron chi connectivity index (χ2n) is 10.3. The van der Waals surface area contributed by atoms with Gasteiger partial charge in [0.05, 0.1) is 19.3 Å². The Morgan fingerprint density at radius 2 is 1.79 bits per heavy atom. The van der Waals surface area contributed by atoms with Crippen LogP contribution in [0.4, 0.5) is 0 Å². The van der Waals surface area contributed by atoms with Gasteiger partial charge in [0, 0.05) is 10.9 Å². The highest BCUT2D eigenvalue weighted by Crippen LogP contribution is 2.44. The lowest BCUT2D eigenvalue weighted by Crippen LogP contribution is -2.42. The van der Waals surface area contributed by atoms with Crippen molar-refractivity contribution in [1.29, 1.82) is 0 Å². The minimum Gasteiger partial charge on any atom is -0.486 e. The highest BCUT2D eigenvalue weighted by atomic mass is 35.5. The second kappa shape index (κ2) is 12.1. The summed E-state index contributed by atoms with van der Waals surface area (Å²) in [6.07, 6.45) is 0.742. The van der Waals surface area contributed by atoms with Gasteiger partial charge in [0.1, 0.15) is 18.5 Å². The number of rotatable bonds is 8. The van der Waals surface area contributed by atoms with Gasteiger partial charge in [-0.3, -0.25) is 4.79 Å². The lowest BCUT2D eigenvalue weighted by Gasteiger charge is -2.39. The molecule has 200 valence electrons. The van der Waals surface area contributed by atoms with Crippen LogP contribution >= 0.6 is 11.6 Å². The minimum atomic E-state index is -0.246. The van der Waals surface area contributed by atoms with Gasteiger partial charge in [-0.1, -0.05) is 61.8 Å². The summed E-state index contributed by atoms with van der Waals surface area (Å²) in [5, 5.41) is 3.63. The normalized spacial score (nSPS) is 22.6. The number of nitrogens with one attached hydrogen (secondary N) is 1. The van der Waals surface area contributed by atoms with Gasteiger partial charge in [0.2, 0.25) is 0 Å². The molecule has 0 bridgehead atoms. The zero-order valence-corrected chi connectivity index (χ0v) is 22.5. The molecular formula is C31H34ClNO5. The quantitative estimate of drug-likeness (QED) is 0.372. The first-order chi connectivity index (χ1) is 18.5. The first-order valence-electron chi connectivity index (χ1n) is 13.2. The van der Waals surface area contributed by atoms with Crippen LogP contribution in [0.3, 0.4) is 0 Å². The Morgan fingerprint density at radius 3 is 2.61 bits per heavy atom. The summed E-state index contributed by atoms with van der Waals surface area (Å²) in [6.45, 7) is 5.77. The number of benzene rings is 3. The van der Waals surface area contributed by atoms with E-state index in [1.54, 1.807) is 0 Å². The summed E-state index contributed by atoms with van der Waals surface area (Å²) < 4.78 is 23.9. The highest BCUT2D eigenvalue weighted by molar-refractivity contribution is 6.30. The minimum absolute atomic E-state index is 0.0332. The van der Waals surface area contributed by atoms with E-state index in [9.17, 15) is 4.79 Å². The van der Waals surface area contributed by atoms with Crippen LogP contribution in [0.1, 0.15) is 43.4 Å². The average Bonchev–Trinajstić information content (AvgIpc) is 2.94. The van der Waals surface area contributed by atoms with Crippen LogP contribution in [0.25, 0.3) is 0 Å². The predicted molar refractivity (Wildman–Crippen MR) is 147 cm³/mol. The Bertz CT molecular complexity index is 1250. The van der Waals surface area contributed by atoms with E-state index in [-0.39, 0.29) is 24.7 Å². The van der Waals surface area contributed by atoms with Gasteiger partial charge in [-0.2, -0.15) is 0 Å². The summed E-state index contributed by atoms with van der Waals surface area (Å²) >= 11 is 6.24. The molecule has 2 aliphatic rings. The fourth-order valence-electron chi connectivity index (χ4n) is 5.19. The fraction of sp³-hybridized carbons (Fsp3) is 0.387. The Labute approximate surface area is 229 Å². The van der Waals surface area contributed by atoms with E-state index in [2.05, 4.69) is 31.3 Å². The molecule has 1 N–H and O–H groups in total. The molecule has 7 heteroatoms. The maximum atomic E-state index is 12.5. The summed E-state index contributed by atoms with van der Waals surface area (Å²) in [6, 6.07) is 23.5. The van der Waals surface area contributed by atoms with Crippen molar-refractivity contribution < 1.29 is 23.7 Å². The largest absolute Gasteiger partial charge is 0.486 e. The van der Waals surface area contributed by atoms with E-state index in [0.717, 1.165) is 22.8 Å². The van der Waals surface area contributed by atoms with Crippen molar-refractivity contribution in [2.24, 2.45) is 11.8 Å². The number of ether oxygens (including phenoxy) is 4. The molecule has 3 aromatic carbocycles. The van der Waals surface area contributed by atoms with Crippen molar-refractivity contribution >= 4 is 17.5 Å². The molecule has 2 heterocycles. The van der Waals surface area contributed by atoms with Crippen LogP contribution in [-0.4, -0.2) is 38.4 Å². The van der Waals surface area contributed by atoms with Crippen LogP contribution in [0, 0.1) is 11.8 Å². The number of fused-ring (bicyclic) bond motifs is 1. The van der Waals surface area contributed by atoms with E-state index in [4.69, 9.17) is 30.5 Å². The number of carbonyl (C=O) groups excluding carboxylic acids is 1. The molecule has 1 amide bonds. The van der Waals surface area contributed by atoms with Crippen molar-refractivity contribution in [2.45, 2.75) is 38.4 Å². The Kier molecular flexibility index (Phi) is 8.40. The molecule has 0 aliphatic carbocycles. The van der Waals surface area contributed by atoms with Crippen LogP contribution < -0.4 is 19.5 Å². The van der Waals surface area contributed by atoms with Gasteiger partial charge < -0.3 is 24.3 Å². The van der Waals surface area contributed by atoms with Gasteiger partial charge in [-0.15, -0.1) is 0 Å².